The van der Waals surface area contributed by atoms with E-state index in [2.05, 4.69) is 4.99 Å². The molecule has 0 unspecified atom stereocenters. The van der Waals surface area contributed by atoms with Gasteiger partial charge in [0, 0.05) is 0 Å². The lowest BCUT2D eigenvalue weighted by molar-refractivity contribution is -0.139. The second-order valence-electron chi connectivity index (χ2n) is 7.82. The summed E-state index contributed by atoms with van der Waals surface area (Å²) in [6, 6.07) is 15.7. The number of nitriles is 1. The van der Waals surface area contributed by atoms with Crippen LogP contribution in [-0.2, 0) is 9.53 Å². The largest absolute Gasteiger partial charge is 0.494 e. The molecule has 1 aromatic heterocycles. The summed E-state index contributed by atoms with van der Waals surface area (Å²) in [5, 5.41) is 8.76. The monoisotopic (exact) mass is 503 g/mol. The lowest BCUT2D eigenvalue weighted by atomic mass is 9.96. The van der Waals surface area contributed by atoms with E-state index in [9.17, 15) is 9.59 Å². The minimum Gasteiger partial charge on any atom is -0.494 e. The van der Waals surface area contributed by atoms with Crippen LogP contribution < -0.4 is 24.4 Å². The van der Waals surface area contributed by atoms with Crippen molar-refractivity contribution >= 4 is 23.4 Å². The zero-order valence-electron chi connectivity index (χ0n) is 20.2. The van der Waals surface area contributed by atoms with Crippen LogP contribution in [0.5, 0.6) is 11.5 Å². The van der Waals surface area contributed by atoms with Crippen LogP contribution in [0.2, 0.25) is 0 Å². The molecule has 2 aromatic carbocycles. The average molecular weight is 504 g/mol. The van der Waals surface area contributed by atoms with E-state index in [1.54, 1.807) is 42.7 Å². The summed E-state index contributed by atoms with van der Waals surface area (Å²) >= 11 is 1.25. The van der Waals surface area contributed by atoms with Crippen molar-refractivity contribution in [2.45, 2.75) is 26.8 Å². The Bertz CT molecular complexity index is 1530. The second kappa shape index (κ2) is 11.1. The molecule has 0 saturated carbocycles. The molecule has 36 heavy (non-hydrogen) atoms. The SMILES string of the molecule is CCOC(=O)C1=C(C)N=c2s/c(=C\c3cccc(OCC#N)c3)c(=O)n2[C@H]1c1ccc(OCC)cc1. The van der Waals surface area contributed by atoms with Gasteiger partial charge < -0.3 is 14.2 Å². The average Bonchev–Trinajstić information content (AvgIpc) is 3.17. The first-order chi connectivity index (χ1) is 17.5. The molecule has 0 bridgehead atoms. The number of thiazole rings is 1. The lowest BCUT2D eigenvalue weighted by Gasteiger charge is -2.24. The van der Waals surface area contributed by atoms with Crippen LogP contribution >= 0.6 is 11.3 Å². The van der Waals surface area contributed by atoms with E-state index in [1.807, 2.05) is 43.3 Å². The Kier molecular flexibility index (Phi) is 7.66. The highest BCUT2D eigenvalue weighted by Crippen LogP contribution is 2.31. The van der Waals surface area contributed by atoms with Gasteiger partial charge in [0.25, 0.3) is 5.56 Å². The van der Waals surface area contributed by atoms with E-state index in [0.29, 0.717) is 38.7 Å². The van der Waals surface area contributed by atoms with Gasteiger partial charge in [-0.05, 0) is 62.2 Å². The zero-order chi connectivity index (χ0) is 25.7. The predicted molar refractivity (Wildman–Crippen MR) is 136 cm³/mol. The molecule has 0 saturated heterocycles. The van der Waals surface area contributed by atoms with Crippen molar-refractivity contribution in [3.05, 3.63) is 90.6 Å². The van der Waals surface area contributed by atoms with Gasteiger partial charge in [0.05, 0.1) is 35.1 Å². The maximum absolute atomic E-state index is 13.7. The highest BCUT2D eigenvalue weighted by Gasteiger charge is 2.33. The third-order valence-electron chi connectivity index (χ3n) is 5.48. The number of carbonyl (C=O) groups is 1. The van der Waals surface area contributed by atoms with Crippen LogP contribution in [-0.4, -0.2) is 30.4 Å². The number of rotatable bonds is 8. The first kappa shape index (κ1) is 24.9. The lowest BCUT2D eigenvalue weighted by Crippen LogP contribution is -2.39. The molecule has 0 radical (unpaired) electrons. The molecule has 0 amide bonds. The second-order valence-corrected chi connectivity index (χ2v) is 8.83. The molecular weight excluding hydrogens is 478 g/mol. The number of esters is 1. The van der Waals surface area contributed by atoms with Crippen molar-refractivity contribution in [2.24, 2.45) is 4.99 Å². The summed E-state index contributed by atoms with van der Waals surface area (Å²) in [5.74, 6) is 0.727. The van der Waals surface area contributed by atoms with E-state index in [-0.39, 0.29) is 18.8 Å². The van der Waals surface area contributed by atoms with Crippen molar-refractivity contribution in [3.63, 3.8) is 0 Å². The number of nitrogens with zero attached hydrogens (tertiary/aromatic N) is 3. The minimum absolute atomic E-state index is 0.0658. The summed E-state index contributed by atoms with van der Waals surface area (Å²) in [4.78, 5) is 31.7. The summed E-state index contributed by atoms with van der Waals surface area (Å²) < 4.78 is 18.3. The number of aromatic nitrogens is 1. The molecular formula is C27H25N3O5S. The molecule has 0 aliphatic carbocycles. The van der Waals surface area contributed by atoms with Crippen LogP contribution in [0.15, 0.2) is 69.6 Å². The molecule has 2 heterocycles. The van der Waals surface area contributed by atoms with Gasteiger partial charge in [-0.25, -0.2) is 9.79 Å². The molecule has 8 nitrogen and oxygen atoms in total. The maximum Gasteiger partial charge on any atom is 0.338 e. The molecule has 1 aliphatic rings. The molecule has 0 N–H and O–H groups in total. The Morgan fingerprint density at radius 3 is 2.61 bits per heavy atom. The minimum atomic E-state index is -0.691. The van der Waals surface area contributed by atoms with Crippen LogP contribution in [0, 0.1) is 11.3 Å². The van der Waals surface area contributed by atoms with Crippen molar-refractivity contribution in [2.75, 3.05) is 19.8 Å². The number of carbonyl (C=O) groups excluding carboxylic acids is 1. The van der Waals surface area contributed by atoms with Gasteiger partial charge in [-0.2, -0.15) is 5.26 Å². The molecule has 0 spiro atoms. The van der Waals surface area contributed by atoms with Gasteiger partial charge in [0.15, 0.2) is 11.4 Å². The van der Waals surface area contributed by atoms with Crippen molar-refractivity contribution in [1.29, 1.82) is 5.26 Å². The first-order valence-corrected chi connectivity index (χ1v) is 12.3. The topological polar surface area (TPSA) is 103 Å². The molecule has 1 atom stereocenters. The third-order valence-corrected chi connectivity index (χ3v) is 6.47. The number of allylic oxidation sites excluding steroid dienone is 1. The fourth-order valence-electron chi connectivity index (χ4n) is 3.98. The molecule has 1 aliphatic heterocycles. The van der Waals surface area contributed by atoms with Crippen LogP contribution in [0.4, 0.5) is 0 Å². The Hall–Kier alpha value is -4.16. The Labute approximate surface area is 212 Å². The smallest absolute Gasteiger partial charge is 0.338 e. The summed E-state index contributed by atoms with van der Waals surface area (Å²) in [6.45, 7) is 6.07. The first-order valence-electron chi connectivity index (χ1n) is 11.5. The Balaban J connectivity index is 1.86. The Morgan fingerprint density at radius 2 is 1.92 bits per heavy atom. The maximum atomic E-state index is 13.7. The number of ether oxygens (including phenoxy) is 3. The van der Waals surface area contributed by atoms with Crippen molar-refractivity contribution in [1.82, 2.24) is 4.57 Å². The number of hydrogen-bond acceptors (Lipinski definition) is 8. The molecule has 9 heteroatoms. The van der Waals surface area contributed by atoms with E-state index >= 15 is 0 Å². The molecule has 0 fully saturated rings. The van der Waals surface area contributed by atoms with Crippen molar-refractivity contribution in [3.8, 4) is 17.6 Å². The highest BCUT2D eigenvalue weighted by molar-refractivity contribution is 7.07. The fourth-order valence-corrected chi connectivity index (χ4v) is 5.03. The van der Waals surface area contributed by atoms with E-state index in [4.69, 9.17) is 19.5 Å². The summed E-state index contributed by atoms with van der Waals surface area (Å²) in [6.07, 6.45) is 1.75. The summed E-state index contributed by atoms with van der Waals surface area (Å²) in [5.41, 5.74) is 2.05. The van der Waals surface area contributed by atoms with Gasteiger partial charge in [-0.3, -0.25) is 9.36 Å². The van der Waals surface area contributed by atoms with E-state index in [1.165, 1.54) is 11.3 Å². The third kappa shape index (κ3) is 5.09. The van der Waals surface area contributed by atoms with Crippen LogP contribution in [0.1, 0.15) is 37.9 Å². The van der Waals surface area contributed by atoms with Crippen LogP contribution in [0.3, 0.4) is 0 Å². The highest BCUT2D eigenvalue weighted by atomic mass is 32.1. The molecule has 184 valence electrons. The Morgan fingerprint density at radius 1 is 1.14 bits per heavy atom. The van der Waals surface area contributed by atoms with Crippen LogP contribution in [0.25, 0.3) is 6.08 Å². The van der Waals surface area contributed by atoms with Gasteiger partial charge in [-0.15, -0.1) is 0 Å². The van der Waals surface area contributed by atoms with Gasteiger partial charge in [-0.1, -0.05) is 35.6 Å². The van der Waals surface area contributed by atoms with Gasteiger partial charge in [0.1, 0.15) is 17.6 Å². The number of benzene rings is 2. The van der Waals surface area contributed by atoms with E-state index in [0.717, 1.165) is 11.1 Å². The zero-order valence-corrected chi connectivity index (χ0v) is 21.0. The predicted octanol–water partition coefficient (Wildman–Crippen LogP) is 3.10. The fraction of sp³-hybridized carbons (Fsp3) is 0.259. The summed E-state index contributed by atoms with van der Waals surface area (Å²) in [7, 11) is 0. The molecule has 4 rings (SSSR count). The number of fused-ring (bicyclic) bond motifs is 1. The standard InChI is InChI=1S/C27H25N3O5S/c1-4-33-20-11-9-19(10-12-20)24-23(26(32)34-5-2)17(3)29-27-30(24)25(31)22(36-27)16-18-7-6-8-21(15-18)35-14-13-28/h6-12,15-16,24H,4-5,14H2,1-3H3/b22-16-/t24-/m0/s1. The number of hydrogen-bond donors (Lipinski definition) is 0. The quantitative estimate of drug-likeness (QED) is 0.438. The van der Waals surface area contributed by atoms with Crippen molar-refractivity contribution < 1.29 is 19.0 Å². The molecule has 3 aromatic rings. The normalized spacial score (nSPS) is 15.1. The van der Waals surface area contributed by atoms with E-state index < -0.39 is 12.0 Å². The van der Waals surface area contributed by atoms with Gasteiger partial charge >= 0.3 is 5.97 Å². The van der Waals surface area contributed by atoms with Gasteiger partial charge in [0.2, 0.25) is 0 Å².